The molecule has 1 aliphatic rings. The Morgan fingerprint density at radius 3 is 2.89 bits per heavy atom. The van der Waals surface area contributed by atoms with Crippen LogP contribution in [0.5, 0.6) is 0 Å². The summed E-state index contributed by atoms with van der Waals surface area (Å²) in [6, 6.07) is 1.53. The lowest BCUT2D eigenvalue weighted by atomic mass is 10.1. The van der Waals surface area contributed by atoms with Gasteiger partial charge in [-0.3, -0.25) is 9.59 Å². The van der Waals surface area contributed by atoms with E-state index in [0.29, 0.717) is 10.9 Å². The second kappa shape index (κ2) is 5.77. The number of aromatic nitrogens is 2. The van der Waals surface area contributed by atoms with Crippen molar-refractivity contribution in [3.63, 3.8) is 0 Å². The van der Waals surface area contributed by atoms with Crippen LogP contribution in [-0.4, -0.2) is 26.8 Å². The molecule has 0 aliphatic heterocycles. The summed E-state index contributed by atoms with van der Waals surface area (Å²) in [6.45, 7) is 2.04. The maximum absolute atomic E-state index is 11.5. The number of thioether (sulfide) groups is 1. The lowest BCUT2D eigenvalue weighted by Gasteiger charge is -2.11. The molecule has 2 N–H and O–H groups in total. The van der Waals surface area contributed by atoms with Crippen molar-refractivity contribution in [2.24, 2.45) is 5.41 Å². The summed E-state index contributed by atoms with van der Waals surface area (Å²) in [4.78, 5) is 29.4. The highest BCUT2D eigenvalue weighted by molar-refractivity contribution is 7.99. The Kier molecular flexibility index (Phi) is 4.29. The summed E-state index contributed by atoms with van der Waals surface area (Å²) in [6.07, 6.45) is 3.84. The highest BCUT2D eigenvalue weighted by atomic mass is 32.2. The molecule has 0 atom stereocenters. The highest BCUT2D eigenvalue weighted by Crippen LogP contribution is 2.51. The van der Waals surface area contributed by atoms with Crippen LogP contribution in [0.2, 0.25) is 0 Å². The summed E-state index contributed by atoms with van der Waals surface area (Å²) < 4.78 is 0. The molecule has 1 aromatic heterocycles. The minimum atomic E-state index is -0.751. The van der Waals surface area contributed by atoms with Crippen LogP contribution in [0.15, 0.2) is 16.0 Å². The van der Waals surface area contributed by atoms with Gasteiger partial charge in [-0.2, -0.15) is 0 Å². The normalized spacial score (nSPS) is 16.3. The van der Waals surface area contributed by atoms with E-state index in [1.807, 2.05) is 6.92 Å². The van der Waals surface area contributed by atoms with Crippen molar-refractivity contribution in [3.05, 3.63) is 22.1 Å². The van der Waals surface area contributed by atoms with Crippen LogP contribution in [0.25, 0.3) is 0 Å². The second-order valence-corrected chi connectivity index (χ2v) is 6.12. The average molecular weight is 282 g/mol. The van der Waals surface area contributed by atoms with Gasteiger partial charge in [-0.25, -0.2) is 4.98 Å². The number of aryl methyl sites for hydroxylation is 1. The van der Waals surface area contributed by atoms with Gasteiger partial charge in [0.1, 0.15) is 0 Å². The molecule has 2 rings (SSSR count). The minimum Gasteiger partial charge on any atom is -0.481 e. The minimum absolute atomic E-state index is 0.0875. The SMILES string of the molecule is CCCc1cc(=O)[nH]c(SCC2(CC(=O)O)CC2)n1. The summed E-state index contributed by atoms with van der Waals surface area (Å²) in [5.74, 6) is -0.0445. The molecule has 5 nitrogen and oxygen atoms in total. The molecule has 1 aromatic rings. The third kappa shape index (κ3) is 4.09. The number of nitrogens with one attached hydrogen (secondary N) is 1. The number of carboxylic acids is 1. The van der Waals surface area contributed by atoms with E-state index >= 15 is 0 Å². The predicted molar refractivity (Wildman–Crippen MR) is 73.5 cm³/mol. The third-order valence-corrected chi connectivity index (χ3v) is 4.50. The van der Waals surface area contributed by atoms with Gasteiger partial charge in [0.05, 0.1) is 6.42 Å². The van der Waals surface area contributed by atoms with Crippen molar-refractivity contribution < 1.29 is 9.90 Å². The molecular weight excluding hydrogens is 264 g/mol. The topological polar surface area (TPSA) is 83.0 Å². The summed E-state index contributed by atoms with van der Waals surface area (Å²) in [5, 5.41) is 9.47. The van der Waals surface area contributed by atoms with Crippen LogP contribution in [0.4, 0.5) is 0 Å². The van der Waals surface area contributed by atoms with E-state index in [1.54, 1.807) is 0 Å². The van der Waals surface area contributed by atoms with Crippen molar-refractivity contribution in [2.75, 3.05) is 5.75 Å². The van der Waals surface area contributed by atoms with Crippen LogP contribution in [0.3, 0.4) is 0 Å². The molecule has 104 valence electrons. The van der Waals surface area contributed by atoms with Crippen molar-refractivity contribution in [3.8, 4) is 0 Å². The van der Waals surface area contributed by atoms with Crippen LogP contribution < -0.4 is 5.56 Å². The first-order valence-corrected chi connectivity index (χ1v) is 7.46. The number of rotatable bonds is 7. The number of hydrogen-bond donors (Lipinski definition) is 2. The largest absolute Gasteiger partial charge is 0.481 e. The molecule has 0 saturated heterocycles. The van der Waals surface area contributed by atoms with Gasteiger partial charge in [0.2, 0.25) is 0 Å². The van der Waals surface area contributed by atoms with Crippen molar-refractivity contribution >= 4 is 17.7 Å². The quantitative estimate of drug-likeness (QED) is 0.591. The van der Waals surface area contributed by atoms with E-state index in [0.717, 1.165) is 31.4 Å². The molecule has 0 radical (unpaired) electrons. The Hall–Kier alpha value is -1.30. The number of hydrogen-bond acceptors (Lipinski definition) is 4. The summed E-state index contributed by atoms with van der Waals surface area (Å²) in [7, 11) is 0. The predicted octanol–water partition coefficient (Wildman–Crippen LogP) is 2.07. The first-order chi connectivity index (χ1) is 9.03. The van der Waals surface area contributed by atoms with Crippen molar-refractivity contribution in [1.82, 2.24) is 9.97 Å². The van der Waals surface area contributed by atoms with E-state index in [2.05, 4.69) is 9.97 Å². The average Bonchev–Trinajstić information content (AvgIpc) is 3.06. The van der Waals surface area contributed by atoms with Gasteiger partial charge in [0, 0.05) is 17.5 Å². The maximum Gasteiger partial charge on any atom is 0.303 e. The summed E-state index contributed by atoms with van der Waals surface area (Å²) >= 11 is 1.46. The fourth-order valence-electron chi connectivity index (χ4n) is 2.03. The van der Waals surface area contributed by atoms with Gasteiger partial charge in [-0.05, 0) is 24.7 Å². The zero-order chi connectivity index (χ0) is 13.9. The number of nitrogens with zero attached hydrogens (tertiary/aromatic N) is 1. The Morgan fingerprint density at radius 2 is 2.32 bits per heavy atom. The number of carbonyl (C=O) groups is 1. The Labute approximate surface area is 115 Å². The molecule has 0 bridgehead atoms. The standard InChI is InChI=1S/C13H18N2O3S/c1-2-3-9-6-10(16)15-12(14-9)19-8-13(4-5-13)7-11(17)18/h6H,2-5,7-8H2,1H3,(H,17,18)(H,14,15,16). The van der Waals surface area contributed by atoms with E-state index in [1.165, 1.54) is 17.8 Å². The second-order valence-electron chi connectivity index (χ2n) is 5.15. The molecule has 1 saturated carbocycles. The lowest BCUT2D eigenvalue weighted by molar-refractivity contribution is -0.138. The third-order valence-electron chi connectivity index (χ3n) is 3.28. The summed E-state index contributed by atoms with van der Waals surface area (Å²) in [5.41, 5.74) is 0.580. The van der Waals surface area contributed by atoms with Gasteiger partial charge in [-0.1, -0.05) is 25.1 Å². The lowest BCUT2D eigenvalue weighted by Crippen LogP contribution is -2.13. The molecule has 19 heavy (non-hydrogen) atoms. The molecule has 0 aromatic carbocycles. The molecule has 0 spiro atoms. The van der Waals surface area contributed by atoms with Crippen LogP contribution in [0, 0.1) is 5.41 Å². The molecule has 0 unspecified atom stereocenters. The fourth-order valence-corrected chi connectivity index (χ4v) is 3.22. The van der Waals surface area contributed by atoms with Gasteiger partial charge in [0.25, 0.3) is 5.56 Å². The number of H-pyrrole nitrogens is 1. The van der Waals surface area contributed by atoms with E-state index in [-0.39, 0.29) is 17.4 Å². The fraction of sp³-hybridized carbons (Fsp3) is 0.615. The molecular formula is C13H18N2O3S. The number of aliphatic carboxylic acids is 1. The van der Waals surface area contributed by atoms with E-state index in [4.69, 9.17) is 5.11 Å². The maximum atomic E-state index is 11.5. The molecule has 1 fully saturated rings. The Morgan fingerprint density at radius 1 is 1.58 bits per heavy atom. The van der Waals surface area contributed by atoms with E-state index < -0.39 is 5.97 Å². The highest BCUT2D eigenvalue weighted by Gasteiger charge is 2.44. The smallest absolute Gasteiger partial charge is 0.303 e. The van der Waals surface area contributed by atoms with Crippen LogP contribution >= 0.6 is 11.8 Å². The first-order valence-electron chi connectivity index (χ1n) is 6.48. The first kappa shape index (κ1) is 14.1. The Balaban J connectivity index is 1.99. The van der Waals surface area contributed by atoms with Crippen molar-refractivity contribution in [1.29, 1.82) is 0 Å². The monoisotopic (exact) mass is 282 g/mol. The molecule has 1 heterocycles. The van der Waals surface area contributed by atoms with Crippen LogP contribution in [-0.2, 0) is 11.2 Å². The van der Waals surface area contributed by atoms with Crippen LogP contribution in [0.1, 0.15) is 38.3 Å². The van der Waals surface area contributed by atoms with E-state index in [9.17, 15) is 9.59 Å². The molecule has 1 aliphatic carbocycles. The molecule has 6 heteroatoms. The number of aromatic amines is 1. The van der Waals surface area contributed by atoms with Gasteiger partial charge >= 0.3 is 5.97 Å². The Bertz CT molecular complexity index is 523. The van der Waals surface area contributed by atoms with Gasteiger partial charge in [-0.15, -0.1) is 0 Å². The molecule has 0 amide bonds. The number of carboxylic acid groups (broad SMARTS) is 1. The van der Waals surface area contributed by atoms with Gasteiger partial charge < -0.3 is 10.1 Å². The zero-order valence-corrected chi connectivity index (χ0v) is 11.8. The zero-order valence-electron chi connectivity index (χ0n) is 10.9. The van der Waals surface area contributed by atoms with Crippen molar-refractivity contribution in [2.45, 2.75) is 44.2 Å². The van der Waals surface area contributed by atoms with Gasteiger partial charge in [0.15, 0.2) is 5.16 Å².